The summed E-state index contributed by atoms with van der Waals surface area (Å²) in [5.74, 6) is -0.875. The SMILES string of the molecule is CC/C=C/C=C/C=C/C=C/CCCCCCCC(=O)OC[C@H](COP(=O)(O)OCCN)OC(=O)CCCCCCC/C=C/CCCCC. The molecule has 3 N–H and O–H groups in total. The number of phosphoric acid groups is 1. The molecule has 10 heteroatoms. The van der Waals surface area contributed by atoms with Crippen molar-refractivity contribution in [2.45, 2.75) is 142 Å². The fraction of sp³-hybridized carbons (Fsp3) is 0.684. The van der Waals surface area contributed by atoms with E-state index in [9.17, 15) is 19.0 Å². The molecule has 2 atom stereocenters. The number of allylic oxidation sites excluding steroid dienone is 10. The van der Waals surface area contributed by atoms with E-state index in [2.05, 4.69) is 44.2 Å². The molecule has 0 radical (unpaired) electrons. The van der Waals surface area contributed by atoms with Crippen LogP contribution in [-0.4, -0.2) is 49.3 Å². The van der Waals surface area contributed by atoms with Crippen LogP contribution in [0.3, 0.4) is 0 Å². The number of phosphoric ester groups is 1. The second-order valence-corrected chi connectivity index (χ2v) is 13.2. The second-order valence-electron chi connectivity index (χ2n) is 11.8. The maximum atomic E-state index is 12.5. The molecule has 0 aromatic heterocycles. The van der Waals surface area contributed by atoms with Gasteiger partial charge < -0.3 is 20.1 Å². The number of hydrogen-bond acceptors (Lipinski definition) is 8. The average molecular weight is 696 g/mol. The number of carbonyl (C=O) groups is 2. The van der Waals surface area contributed by atoms with Gasteiger partial charge in [-0.25, -0.2) is 4.57 Å². The summed E-state index contributed by atoms with van der Waals surface area (Å²) in [6.45, 7) is 3.49. The molecule has 0 bridgehead atoms. The predicted octanol–water partition coefficient (Wildman–Crippen LogP) is 9.77. The fourth-order valence-electron chi connectivity index (χ4n) is 4.52. The van der Waals surface area contributed by atoms with Crippen molar-refractivity contribution in [1.29, 1.82) is 0 Å². The van der Waals surface area contributed by atoms with Gasteiger partial charge in [0.1, 0.15) is 6.61 Å². The van der Waals surface area contributed by atoms with Gasteiger partial charge in [0, 0.05) is 19.4 Å². The molecule has 0 aliphatic carbocycles. The van der Waals surface area contributed by atoms with E-state index in [-0.39, 0.29) is 32.6 Å². The van der Waals surface area contributed by atoms with Gasteiger partial charge in [-0.3, -0.25) is 18.6 Å². The molecular formula is C38H66NO8P. The lowest BCUT2D eigenvalue weighted by atomic mass is 10.1. The van der Waals surface area contributed by atoms with Crippen molar-refractivity contribution in [2.75, 3.05) is 26.4 Å². The van der Waals surface area contributed by atoms with Gasteiger partial charge in [0.15, 0.2) is 6.10 Å². The van der Waals surface area contributed by atoms with Gasteiger partial charge in [0.25, 0.3) is 0 Å². The van der Waals surface area contributed by atoms with Crippen LogP contribution in [-0.2, 0) is 32.7 Å². The highest BCUT2D eigenvalue weighted by Crippen LogP contribution is 2.43. The van der Waals surface area contributed by atoms with Gasteiger partial charge in [0.2, 0.25) is 0 Å². The Morgan fingerprint density at radius 3 is 1.77 bits per heavy atom. The molecular weight excluding hydrogens is 629 g/mol. The first-order chi connectivity index (χ1) is 23.3. The lowest BCUT2D eigenvalue weighted by Gasteiger charge is -2.19. The molecule has 0 spiro atoms. The average Bonchev–Trinajstić information content (AvgIpc) is 3.07. The number of rotatable bonds is 33. The summed E-state index contributed by atoms with van der Waals surface area (Å²) >= 11 is 0. The van der Waals surface area contributed by atoms with Crippen LogP contribution < -0.4 is 5.73 Å². The van der Waals surface area contributed by atoms with E-state index in [1.807, 2.05) is 30.4 Å². The second kappa shape index (κ2) is 34.6. The molecule has 48 heavy (non-hydrogen) atoms. The molecule has 0 aromatic rings. The van der Waals surface area contributed by atoms with E-state index >= 15 is 0 Å². The number of nitrogens with two attached hydrogens (primary N) is 1. The normalized spacial score (nSPS) is 14.2. The van der Waals surface area contributed by atoms with E-state index in [1.54, 1.807) is 0 Å². The highest BCUT2D eigenvalue weighted by atomic mass is 31.2. The molecule has 0 aliphatic rings. The van der Waals surface area contributed by atoms with Crippen LogP contribution >= 0.6 is 7.82 Å². The highest BCUT2D eigenvalue weighted by molar-refractivity contribution is 7.47. The summed E-state index contributed by atoms with van der Waals surface area (Å²) in [7, 11) is -4.38. The monoisotopic (exact) mass is 695 g/mol. The molecule has 9 nitrogen and oxygen atoms in total. The largest absolute Gasteiger partial charge is 0.472 e. The summed E-state index contributed by atoms with van der Waals surface area (Å²) < 4.78 is 32.6. The van der Waals surface area contributed by atoms with E-state index in [1.165, 1.54) is 19.3 Å². The van der Waals surface area contributed by atoms with Crippen molar-refractivity contribution >= 4 is 19.8 Å². The minimum Gasteiger partial charge on any atom is -0.462 e. The summed E-state index contributed by atoms with van der Waals surface area (Å²) in [4.78, 5) is 34.6. The smallest absolute Gasteiger partial charge is 0.462 e. The van der Waals surface area contributed by atoms with E-state index < -0.39 is 32.5 Å². The maximum absolute atomic E-state index is 12.5. The van der Waals surface area contributed by atoms with Crippen LogP contribution in [0.15, 0.2) is 60.8 Å². The number of hydrogen-bond donors (Lipinski definition) is 2. The van der Waals surface area contributed by atoms with Gasteiger partial charge in [-0.2, -0.15) is 0 Å². The number of carbonyl (C=O) groups excluding carboxylic acids is 2. The van der Waals surface area contributed by atoms with E-state index in [0.29, 0.717) is 12.8 Å². The zero-order chi connectivity index (χ0) is 35.4. The van der Waals surface area contributed by atoms with E-state index in [0.717, 1.165) is 77.0 Å². The minimum absolute atomic E-state index is 0.0456. The molecule has 0 aromatic carbocycles. The molecule has 0 rings (SSSR count). The first kappa shape index (κ1) is 45.7. The number of esters is 2. The molecule has 0 fully saturated rings. The van der Waals surface area contributed by atoms with Crippen molar-refractivity contribution in [3.8, 4) is 0 Å². The third-order valence-electron chi connectivity index (χ3n) is 7.23. The van der Waals surface area contributed by atoms with Crippen molar-refractivity contribution in [2.24, 2.45) is 5.73 Å². The Bertz CT molecular complexity index is 976. The van der Waals surface area contributed by atoms with Crippen molar-refractivity contribution in [1.82, 2.24) is 0 Å². The Labute approximate surface area is 291 Å². The van der Waals surface area contributed by atoms with Crippen LogP contribution in [0, 0.1) is 0 Å². The standard InChI is InChI=1S/C38H66NO8P/c1-3-5-7-9-11-13-15-17-18-19-21-22-24-26-28-30-37(40)44-34-36(35-46-48(42,43)45-33-32-39)47-38(41)31-29-27-25-23-20-16-14-12-10-8-6-4-2/h5,7,9,11-15,17-18,36H,3-4,6,8,10,16,19-35,39H2,1-2H3,(H,42,43)/b7-5+,11-9+,14-12+,15-13+,18-17+/t36-/m1/s1. The predicted molar refractivity (Wildman–Crippen MR) is 196 cm³/mol. The summed E-state index contributed by atoms with van der Waals surface area (Å²) in [5, 5.41) is 0. The number of unbranched alkanes of at least 4 members (excludes halogenated alkanes) is 13. The van der Waals surface area contributed by atoms with Crippen LogP contribution in [0.25, 0.3) is 0 Å². The third kappa shape index (κ3) is 33.6. The molecule has 0 heterocycles. The molecule has 0 saturated heterocycles. The van der Waals surface area contributed by atoms with Crippen LogP contribution in [0.1, 0.15) is 136 Å². The molecule has 0 amide bonds. The Morgan fingerprint density at radius 2 is 1.17 bits per heavy atom. The van der Waals surface area contributed by atoms with Crippen molar-refractivity contribution in [3.05, 3.63) is 60.8 Å². The number of ether oxygens (including phenoxy) is 2. The lowest BCUT2D eigenvalue weighted by molar-refractivity contribution is -0.161. The van der Waals surface area contributed by atoms with Crippen LogP contribution in [0.4, 0.5) is 0 Å². The first-order valence-corrected chi connectivity index (χ1v) is 19.8. The molecule has 276 valence electrons. The Balaban J connectivity index is 4.31. The summed E-state index contributed by atoms with van der Waals surface area (Å²) in [6, 6.07) is 0. The Morgan fingerprint density at radius 1 is 0.646 bits per heavy atom. The van der Waals surface area contributed by atoms with Crippen molar-refractivity contribution < 1.29 is 37.6 Å². The lowest BCUT2D eigenvalue weighted by Crippen LogP contribution is -2.29. The zero-order valence-corrected chi connectivity index (χ0v) is 30.8. The summed E-state index contributed by atoms with van der Waals surface area (Å²) in [5.41, 5.74) is 5.32. The van der Waals surface area contributed by atoms with Crippen LogP contribution in [0.5, 0.6) is 0 Å². The van der Waals surface area contributed by atoms with Gasteiger partial charge in [0.05, 0.1) is 13.2 Å². The maximum Gasteiger partial charge on any atom is 0.472 e. The minimum atomic E-state index is -4.38. The Kier molecular flexibility index (Phi) is 32.9. The Hall–Kier alpha value is -2.29. The van der Waals surface area contributed by atoms with Gasteiger partial charge in [-0.15, -0.1) is 0 Å². The zero-order valence-electron chi connectivity index (χ0n) is 29.9. The van der Waals surface area contributed by atoms with Crippen LogP contribution in [0.2, 0.25) is 0 Å². The van der Waals surface area contributed by atoms with E-state index in [4.69, 9.17) is 24.3 Å². The molecule has 0 aliphatic heterocycles. The van der Waals surface area contributed by atoms with Gasteiger partial charge in [-0.1, -0.05) is 126 Å². The molecule has 1 unspecified atom stereocenters. The fourth-order valence-corrected chi connectivity index (χ4v) is 5.28. The van der Waals surface area contributed by atoms with Crippen molar-refractivity contribution in [3.63, 3.8) is 0 Å². The molecule has 0 saturated carbocycles. The quantitative estimate of drug-likeness (QED) is 0.0226. The first-order valence-electron chi connectivity index (χ1n) is 18.3. The highest BCUT2D eigenvalue weighted by Gasteiger charge is 2.25. The third-order valence-corrected chi connectivity index (χ3v) is 8.22. The van der Waals surface area contributed by atoms with Gasteiger partial charge in [-0.05, 0) is 57.8 Å². The summed E-state index contributed by atoms with van der Waals surface area (Å²) in [6.07, 6.45) is 38.2. The van der Waals surface area contributed by atoms with Gasteiger partial charge >= 0.3 is 19.8 Å². The topological polar surface area (TPSA) is 134 Å².